The first kappa shape index (κ1) is 19.2. The second kappa shape index (κ2) is 7.39. The summed E-state index contributed by atoms with van der Waals surface area (Å²) < 4.78 is 17.0. The normalized spacial score (nSPS) is 17.1. The number of carbonyl (C=O) groups is 1. The molecule has 3 aromatic rings. The number of rotatable bonds is 3. The van der Waals surface area contributed by atoms with Gasteiger partial charge in [-0.2, -0.15) is 0 Å². The lowest BCUT2D eigenvalue weighted by molar-refractivity contribution is -0.132. The summed E-state index contributed by atoms with van der Waals surface area (Å²) in [5.41, 5.74) is 9.47. The maximum atomic E-state index is 13.7. The van der Waals surface area contributed by atoms with E-state index in [1.165, 1.54) is 12.1 Å². The number of likely N-dealkylation sites (tertiary alicyclic amines) is 1. The smallest absolute Gasteiger partial charge is 0.329 e. The highest BCUT2D eigenvalue weighted by atomic mass is 19.1. The number of carbonyl (C=O) groups excluding carboxylic acids is 1. The number of fused-ring (bicyclic) bond motifs is 1. The molecule has 1 saturated heterocycles. The largest absolute Gasteiger partial charge is 0.399 e. The molecule has 2 N–H and O–H groups in total. The Morgan fingerprint density at radius 2 is 2.00 bits per heavy atom. The van der Waals surface area contributed by atoms with Gasteiger partial charge in [0.15, 0.2) is 0 Å². The van der Waals surface area contributed by atoms with Crippen LogP contribution in [0.2, 0.25) is 0 Å². The Bertz CT molecular complexity index is 1130. The lowest BCUT2D eigenvalue weighted by Gasteiger charge is -2.33. The Kier molecular flexibility index (Phi) is 4.90. The summed E-state index contributed by atoms with van der Waals surface area (Å²) in [5.74, 6) is -0.372. The van der Waals surface area contributed by atoms with Gasteiger partial charge in [0.2, 0.25) is 5.91 Å². The monoisotopic (exact) mass is 396 g/mol. The van der Waals surface area contributed by atoms with E-state index in [1.54, 1.807) is 33.2 Å². The molecule has 1 fully saturated rings. The van der Waals surface area contributed by atoms with Crippen LogP contribution in [0.3, 0.4) is 0 Å². The van der Waals surface area contributed by atoms with Gasteiger partial charge in [-0.25, -0.2) is 9.18 Å². The Morgan fingerprint density at radius 1 is 1.21 bits per heavy atom. The van der Waals surface area contributed by atoms with E-state index in [0.717, 1.165) is 29.4 Å². The average molecular weight is 396 g/mol. The summed E-state index contributed by atoms with van der Waals surface area (Å²) in [4.78, 5) is 27.5. The molecule has 1 aliphatic rings. The number of imidazole rings is 1. The Morgan fingerprint density at radius 3 is 2.76 bits per heavy atom. The first-order valence-corrected chi connectivity index (χ1v) is 9.84. The van der Waals surface area contributed by atoms with Crippen LogP contribution >= 0.6 is 0 Å². The van der Waals surface area contributed by atoms with Gasteiger partial charge in [0, 0.05) is 25.8 Å². The zero-order valence-corrected chi connectivity index (χ0v) is 16.7. The van der Waals surface area contributed by atoms with Crippen molar-refractivity contribution in [1.82, 2.24) is 14.0 Å². The van der Waals surface area contributed by atoms with Gasteiger partial charge in [-0.15, -0.1) is 0 Å². The number of amides is 1. The fourth-order valence-electron chi connectivity index (χ4n) is 4.33. The van der Waals surface area contributed by atoms with Crippen LogP contribution in [0.5, 0.6) is 0 Å². The molecule has 1 atom stereocenters. The predicted octanol–water partition coefficient (Wildman–Crippen LogP) is 2.78. The van der Waals surface area contributed by atoms with Crippen molar-refractivity contribution in [2.24, 2.45) is 7.05 Å². The summed E-state index contributed by atoms with van der Waals surface area (Å²) in [5, 5.41) is 0. The second-order valence-corrected chi connectivity index (χ2v) is 7.91. The van der Waals surface area contributed by atoms with Crippen molar-refractivity contribution in [3.05, 3.63) is 63.8 Å². The number of nitrogens with two attached hydrogens (primary N) is 1. The molecule has 6 nitrogen and oxygen atoms in total. The van der Waals surface area contributed by atoms with Gasteiger partial charge < -0.3 is 10.6 Å². The number of piperidine rings is 1. The average Bonchev–Trinajstić information content (AvgIpc) is 2.91. The number of benzene rings is 2. The quantitative estimate of drug-likeness (QED) is 0.692. The minimum atomic E-state index is -0.328. The van der Waals surface area contributed by atoms with E-state index >= 15 is 0 Å². The van der Waals surface area contributed by atoms with Crippen LogP contribution in [-0.2, 0) is 18.3 Å². The van der Waals surface area contributed by atoms with Crippen LogP contribution in [0.15, 0.2) is 41.2 Å². The highest BCUT2D eigenvalue weighted by Crippen LogP contribution is 2.26. The number of aryl methyl sites for hydroxylation is 2. The van der Waals surface area contributed by atoms with E-state index in [2.05, 4.69) is 0 Å². The van der Waals surface area contributed by atoms with Gasteiger partial charge in [-0.05, 0) is 61.2 Å². The molecule has 4 rings (SSSR count). The van der Waals surface area contributed by atoms with Gasteiger partial charge in [-0.3, -0.25) is 13.9 Å². The van der Waals surface area contributed by atoms with Crippen molar-refractivity contribution in [2.45, 2.75) is 32.2 Å². The van der Waals surface area contributed by atoms with Gasteiger partial charge in [0.25, 0.3) is 0 Å². The van der Waals surface area contributed by atoms with Crippen molar-refractivity contribution in [1.29, 1.82) is 0 Å². The number of anilines is 1. The standard InChI is InChI=1S/C22H25FN4O2/c1-14-8-15(10-16(23)9-14)11-21(28)26-7-3-4-18(13-26)27-19-6-5-17(24)12-20(19)25(2)22(27)29/h5-6,8-10,12,18H,3-4,7,11,13,24H2,1-2H3/t18-/m0/s1. The lowest BCUT2D eigenvalue weighted by atomic mass is 10.0. The molecule has 2 aromatic carbocycles. The molecule has 0 radical (unpaired) electrons. The SMILES string of the molecule is Cc1cc(F)cc(CC(=O)N2CCC[C@H](n3c(=O)n(C)c4cc(N)ccc43)C2)c1. The van der Waals surface area contributed by atoms with E-state index in [9.17, 15) is 14.0 Å². The zero-order chi connectivity index (χ0) is 20.7. The van der Waals surface area contributed by atoms with E-state index in [-0.39, 0.29) is 29.9 Å². The van der Waals surface area contributed by atoms with Crippen molar-refractivity contribution < 1.29 is 9.18 Å². The van der Waals surface area contributed by atoms with E-state index < -0.39 is 0 Å². The topological polar surface area (TPSA) is 73.3 Å². The van der Waals surface area contributed by atoms with E-state index in [1.807, 2.05) is 19.1 Å². The molecule has 7 heteroatoms. The summed E-state index contributed by atoms with van der Waals surface area (Å²) in [6.45, 7) is 2.93. The highest BCUT2D eigenvalue weighted by molar-refractivity contribution is 5.80. The molecule has 2 heterocycles. The molecular formula is C22H25FN4O2. The lowest BCUT2D eigenvalue weighted by Crippen LogP contribution is -2.43. The summed E-state index contributed by atoms with van der Waals surface area (Å²) in [6, 6.07) is 10.0. The van der Waals surface area contributed by atoms with Crippen molar-refractivity contribution in [2.75, 3.05) is 18.8 Å². The Labute approximate surface area is 168 Å². The van der Waals surface area contributed by atoms with Crippen LogP contribution < -0.4 is 11.4 Å². The van der Waals surface area contributed by atoms with Gasteiger partial charge >= 0.3 is 5.69 Å². The number of aromatic nitrogens is 2. The fraction of sp³-hybridized carbons (Fsp3) is 0.364. The third-order valence-corrected chi connectivity index (χ3v) is 5.69. The first-order chi connectivity index (χ1) is 13.8. The molecule has 1 amide bonds. The molecule has 1 aliphatic heterocycles. The van der Waals surface area contributed by atoms with Gasteiger partial charge in [0.05, 0.1) is 23.5 Å². The minimum Gasteiger partial charge on any atom is -0.399 e. The third kappa shape index (κ3) is 3.64. The molecule has 0 bridgehead atoms. The number of hydrogen-bond acceptors (Lipinski definition) is 3. The predicted molar refractivity (Wildman–Crippen MR) is 111 cm³/mol. The molecule has 0 unspecified atom stereocenters. The summed E-state index contributed by atoms with van der Waals surface area (Å²) in [6.07, 6.45) is 1.80. The van der Waals surface area contributed by atoms with Gasteiger partial charge in [0.1, 0.15) is 5.82 Å². The summed E-state index contributed by atoms with van der Waals surface area (Å²) >= 11 is 0. The fourth-order valence-corrected chi connectivity index (χ4v) is 4.33. The zero-order valence-electron chi connectivity index (χ0n) is 16.7. The minimum absolute atomic E-state index is 0.0442. The molecule has 0 aliphatic carbocycles. The second-order valence-electron chi connectivity index (χ2n) is 7.91. The Balaban J connectivity index is 1.59. The van der Waals surface area contributed by atoms with Gasteiger partial charge in [-0.1, -0.05) is 6.07 Å². The van der Waals surface area contributed by atoms with Crippen LogP contribution in [0, 0.1) is 12.7 Å². The maximum absolute atomic E-state index is 13.7. The van der Waals surface area contributed by atoms with E-state index in [0.29, 0.717) is 24.3 Å². The Hall–Kier alpha value is -3.09. The van der Waals surface area contributed by atoms with Crippen molar-refractivity contribution in [3.8, 4) is 0 Å². The van der Waals surface area contributed by atoms with E-state index in [4.69, 9.17) is 5.73 Å². The number of nitrogen functional groups attached to an aromatic ring is 1. The van der Waals surface area contributed by atoms with Crippen LogP contribution in [0.25, 0.3) is 11.0 Å². The number of hydrogen-bond donors (Lipinski definition) is 1. The first-order valence-electron chi connectivity index (χ1n) is 9.84. The van der Waals surface area contributed by atoms with Crippen molar-refractivity contribution in [3.63, 3.8) is 0 Å². The molecule has 1 aromatic heterocycles. The van der Waals surface area contributed by atoms with Crippen LogP contribution in [0.4, 0.5) is 10.1 Å². The summed E-state index contributed by atoms with van der Waals surface area (Å²) in [7, 11) is 1.73. The number of halogens is 1. The van der Waals surface area contributed by atoms with Crippen LogP contribution in [-0.4, -0.2) is 33.0 Å². The molecular weight excluding hydrogens is 371 g/mol. The molecule has 29 heavy (non-hydrogen) atoms. The molecule has 152 valence electrons. The third-order valence-electron chi connectivity index (χ3n) is 5.69. The van der Waals surface area contributed by atoms with Crippen LogP contribution in [0.1, 0.15) is 30.0 Å². The number of nitrogens with zero attached hydrogens (tertiary/aromatic N) is 3. The van der Waals surface area contributed by atoms with Crippen molar-refractivity contribution >= 4 is 22.6 Å². The highest BCUT2D eigenvalue weighted by Gasteiger charge is 2.28. The molecule has 0 spiro atoms. The maximum Gasteiger partial charge on any atom is 0.329 e. The molecule has 0 saturated carbocycles.